The summed E-state index contributed by atoms with van der Waals surface area (Å²) in [5, 5.41) is 0. The van der Waals surface area contributed by atoms with E-state index in [1.807, 2.05) is 0 Å². The molecule has 2 heterocycles. The molecule has 0 spiro atoms. The van der Waals surface area contributed by atoms with Crippen LogP contribution < -0.4 is 19.3 Å². The average Bonchev–Trinajstić information content (AvgIpc) is 3.37. The Hall–Kier alpha value is -3.13. The van der Waals surface area contributed by atoms with E-state index in [2.05, 4.69) is 4.90 Å². The number of rotatable bonds is 7. The van der Waals surface area contributed by atoms with Crippen LogP contribution in [0, 0.1) is 5.82 Å². The lowest BCUT2D eigenvalue weighted by atomic mass is 10.2. The van der Waals surface area contributed by atoms with E-state index in [9.17, 15) is 14.0 Å². The molecule has 0 aliphatic carbocycles. The molecule has 2 aromatic rings. The number of carbonyl (C=O) groups excluding carboxylic acids is 2. The van der Waals surface area contributed by atoms with Gasteiger partial charge in [-0.05, 0) is 62.3 Å². The van der Waals surface area contributed by atoms with Gasteiger partial charge < -0.3 is 9.47 Å². The van der Waals surface area contributed by atoms with Gasteiger partial charge in [0.25, 0.3) is 5.91 Å². The third-order valence-electron chi connectivity index (χ3n) is 5.37. The standard InChI is InChI=1S/C22H24FN3O4/c1-29-20-14-18(8-9-19(20)30-13-12-24-10-2-3-11-24)25-15-21(27)26(22(25)28)17-6-4-16(23)5-7-17/h4-9,14H,2-3,10-13,15H2,1H3. The number of ether oxygens (including phenoxy) is 2. The quantitative estimate of drug-likeness (QED) is 0.652. The summed E-state index contributed by atoms with van der Waals surface area (Å²) in [6.07, 6.45) is 2.46. The van der Waals surface area contributed by atoms with Crippen molar-refractivity contribution in [3.05, 3.63) is 48.3 Å². The highest BCUT2D eigenvalue weighted by Crippen LogP contribution is 2.34. The molecule has 0 unspecified atom stereocenters. The monoisotopic (exact) mass is 413 g/mol. The summed E-state index contributed by atoms with van der Waals surface area (Å²) in [5.74, 6) is 0.277. The van der Waals surface area contributed by atoms with Crippen LogP contribution in [-0.2, 0) is 4.79 Å². The number of nitrogens with zero attached hydrogens (tertiary/aromatic N) is 3. The van der Waals surface area contributed by atoms with Crippen LogP contribution in [0.3, 0.4) is 0 Å². The molecule has 0 bridgehead atoms. The number of methoxy groups -OCH3 is 1. The van der Waals surface area contributed by atoms with E-state index in [4.69, 9.17) is 9.47 Å². The number of likely N-dealkylation sites (tertiary alicyclic amines) is 1. The predicted octanol–water partition coefficient (Wildman–Crippen LogP) is 3.28. The van der Waals surface area contributed by atoms with Gasteiger partial charge in [-0.1, -0.05) is 0 Å². The van der Waals surface area contributed by atoms with Crippen molar-refractivity contribution in [3.63, 3.8) is 0 Å². The van der Waals surface area contributed by atoms with Crippen LogP contribution in [0.25, 0.3) is 0 Å². The minimum absolute atomic E-state index is 0.103. The van der Waals surface area contributed by atoms with Crippen LogP contribution in [0.15, 0.2) is 42.5 Å². The van der Waals surface area contributed by atoms with Crippen LogP contribution in [0.4, 0.5) is 20.6 Å². The Morgan fingerprint density at radius 1 is 0.967 bits per heavy atom. The summed E-state index contributed by atoms with van der Waals surface area (Å²) in [6.45, 7) is 3.52. The van der Waals surface area contributed by atoms with E-state index in [0.717, 1.165) is 24.5 Å². The second-order valence-electron chi connectivity index (χ2n) is 7.31. The third kappa shape index (κ3) is 4.09. The average molecular weight is 413 g/mol. The van der Waals surface area contributed by atoms with Crippen molar-refractivity contribution in [2.24, 2.45) is 0 Å². The first-order valence-electron chi connectivity index (χ1n) is 10.00. The molecule has 30 heavy (non-hydrogen) atoms. The van der Waals surface area contributed by atoms with Gasteiger partial charge in [0.05, 0.1) is 12.8 Å². The van der Waals surface area contributed by atoms with Gasteiger partial charge in [-0.25, -0.2) is 14.1 Å². The van der Waals surface area contributed by atoms with E-state index in [0.29, 0.717) is 29.5 Å². The molecule has 2 aliphatic heterocycles. The smallest absolute Gasteiger partial charge is 0.336 e. The van der Waals surface area contributed by atoms with Gasteiger partial charge in [0, 0.05) is 18.3 Å². The molecule has 4 rings (SSSR count). The third-order valence-corrected chi connectivity index (χ3v) is 5.37. The van der Waals surface area contributed by atoms with Gasteiger partial charge >= 0.3 is 6.03 Å². The second-order valence-corrected chi connectivity index (χ2v) is 7.31. The molecular formula is C22H24FN3O4. The topological polar surface area (TPSA) is 62.3 Å². The fourth-order valence-corrected chi connectivity index (χ4v) is 3.78. The van der Waals surface area contributed by atoms with Gasteiger partial charge in [-0.15, -0.1) is 0 Å². The molecule has 158 valence electrons. The van der Waals surface area contributed by atoms with Gasteiger partial charge in [-0.2, -0.15) is 0 Å². The first kappa shape index (κ1) is 20.2. The van der Waals surface area contributed by atoms with Gasteiger partial charge in [-0.3, -0.25) is 14.6 Å². The van der Waals surface area contributed by atoms with Crippen molar-refractivity contribution in [2.45, 2.75) is 12.8 Å². The van der Waals surface area contributed by atoms with E-state index < -0.39 is 11.8 Å². The number of halogens is 1. The van der Waals surface area contributed by atoms with Gasteiger partial charge in [0.1, 0.15) is 19.0 Å². The molecule has 0 atom stereocenters. The highest BCUT2D eigenvalue weighted by Gasteiger charge is 2.38. The molecule has 0 saturated carbocycles. The fourth-order valence-electron chi connectivity index (χ4n) is 3.78. The molecule has 2 saturated heterocycles. The van der Waals surface area contributed by atoms with Crippen LogP contribution in [0.1, 0.15) is 12.8 Å². The number of imide groups is 1. The van der Waals surface area contributed by atoms with Gasteiger partial charge in [0.15, 0.2) is 11.5 Å². The van der Waals surface area contributed by atoms with Crippen molar-refractivity contribution in [2.75, 3.05) is 49.7 Å². The number of hydrogen-bond acceptors (Lipinski definition) is 5. The van der Waals surface area contributed by atoms with E-state index in [1.54, 1.807) is 18.2 Å². The fraction of sp³-hybridized carbons (Fsp3) is 0.364. The van der Waals surface area contributed by atoms with Crippen LogP contribution in [0.2, 0.25) is 0 Å². The van der Waals surface area contributed by atoms with Gasteiger partial charge in [0.2, 0.25) is 0 Å². The Kier molecular flexibility index (Phi) is 5.85. The normalized spacial score (nSPS) is 17.1. The van der Waals surface area contributed by atoms with Crippen molar-refractivity contribution >= 4 is 23.3 Å². The Bertz CT molecular complexity index is 928. The zero-order valence-electron chi connectivity index (χ0n) is 16.8. The lowest BCUT2D eigenvalue weighted by molar-refractivity contribution is -0.115. The number of anilines is 2. The summed E-state index contributed by atoms with van der Waals surface area (Å²) in [7, 11) is 1.54. The Morgan fingerprint density at radius 2 is 1.67 bits per heavy atom. The highest BCUT2D eigenvalue weighted by atomic mass is 19.1. The summed E-state index contributed by atoms with van der Waals surface area (Å²) in [6, 6.07) is 9.93. The molecule has 2 aliphatic rings. The highest BCUT2D eigenvalue weighted by molar-refractivity contribution is 6.26. The van der Waals surface area contributed by atoms with Crippen molar-refractivity contribution < 1.29 is 23.5 Å². The SMILES string of the molecule is COc1cc(N2CC(=O)N(c3ccc(F)cc3)C2=O)ccc1OCCN1CCCC1. The molecule has 3 amide bonds. The van der Waals surface area contributed by atoms with Crippen LogP contribution >= 0.6 is 0 Å². The molecular weight excluding hydrogens is 389 g/mol. The van der Waals surface area contributed by atoms with Crippen LogP contribution in [0.5, 0.6) is 11.5 Å². The van der Waals surface area contributed by atoms with Crippen molar-refractivity contribution in [1.82, 2.24) is 4.90 Å². The first-order valence-corrected chi connectivity index (χ1v) is 10.00. The number of amides is 3. The number of hydrogen-bond donors (Lipinski definition) is 0. The van der Waals surface area contributed by atoms with E-state index >= 15 is 0 Å². The minimum Gasteiger partial charge on any atom is -0.493 e. The summed E-state index contributed by atoms with van der Waals surface area (Å²) < 4.78 is 24.5. The number of benzene rings is 2. The molecule has 2 fully saturated rings. The number of carbonyl (C=O) groups is 2. The Labute approximate surface area is 174 Å². The van der Waals surface area contributed by atoms with E-state index in [-0.39, 0.29) is 12.5 Å². The number of urea groups is 1. The van der Waals surface area contributed by atoms with Crippen molar-refractivity contribution in [3.8, 4) is 11.5 Å². The predicted molar refractivity (Wildman–Crippen MR) is 111 cm³/mol. The summed E-state index contributed by atoms with van der Waals surface area (Å²) in [5.41, 5.74) is 0.865. The van der Waals surface area contributed by atoms with Crippen molar-refractivity contribution in [1.29, 1.82) is 0 Å². The zero-order chi connectivity index (χ0) is 21.1. The lowest BCUT2D eigenvalue weighted by Gasteiger charge is -2.19. The first-order chi connectivity index (χ1) is 14.6. The molecule has 0 N–H and O–H groups in total. The molecule has 8 heteroatoms. The molecule has 7 nitrogen and oxygen atoms in total. The zero-order valence-corrected chi connectivity index (χ0v) is 16.8. The molecule has 0 aromatic heterocycles. The van der Waals surface area contributed by atoms with E-state index in [1.165, 1.54) is 49.1 Å². The molecule has 2 aromatic carbocycles. The maximum absolute atomic E-state index is 13.2. The maximum Gasteiger partial charge on any atom is 0.336 e. The Morgan fingerprint density at radius 3 is 2.37 bits per heavy atom. The minimum atomic E-state index is -0.489. The second kappa shape index (κ2) is 8.71. The lowest BCUT2D eigenvalue weighted by Crippen LogP contribution is -2.33. The van der Waals surface area contributed by atoms with Crippen LogP contribution in [-0.4, -0.2) is 56.7 Å². The Balaban J connectivity index is 1.47. The summed E-state index contributed by atoms with van der Waals surface area (Å²) >= 11 is 0. The largest absolute Gasteiger partial charge is 0.493 e. The maximum atomic E-state index is 13.2. The molecule has 0 radical (unpaired) electrons. The summed E-state index contributed by atoms with van der Waals surface area (Å²) in [4.78, 5) is 30.1.